The summed E-state index contributed by atoms with van der Waals surface area (Å²) in [5.74, 6) is 1.04. The van der Waals surface area contributed by atoms with Crippen LogP contribution in [-0.4, -0.2) is 29.5 Å². The van der Waals surface area contributed by atoms with Gasteiger partial charge in [-0.05, 0) is 37.8 Å². The summed E-state index contributed by atoms with van der Waals surface area (Å²) >= 11 is 0. The van der Waals surface area contributed by atoms with Gasteiger partial charge >= 0.3 is 0 Å². The summed E-state index contributed by atoms with van der Waals surface area (Å²) in [5.41, 5.74) is 6.22. The van der Waals surface area contributed by atoms with E-state index in [-0.39, 0.29) is 0 Å². The largest absolute Gasteiger partial charge is 0.323 e. The third kappa shape index (κ3) is 2.48. The Morgan fingerprint density at radius 3 is 2.54 bits per heavy atom. The van der Waals surface area contributed by atoms with Crippen LogP contribution in [0, 0.1) is 19.8 Å². The van der Waals surface area contributed by atoms with Crippen molar-refractivity contribution in [2.45, 2.75) is 47.6 Å². The van der Waals surface area contributed by atoms with Gasteiger partial charge in [0.1, 0.15) is 5.52 Å². The van der Waals surface area contributed by atoms with Crippen LogP contribution in [0.5, 0.6) is 0 Å². The fourth-order valence-electron chi connectivity index (χ4n) is 3.72. The van der Waals surface area contributed by atoms with E-state index in [2.05, 4.69) is 65.8 Å². The summed E-state index contributed by atoms with van der Waals surface area (Å²) in [6.07, 6.45) is 0.945. The van der Waals surface area contributed by atoms with E-state index in [0.29, 0.717) is 11.9 Å². The van der Waals surface area contributed by atoms with Crippen molar-refractivity contribution in [1.82, 2.24) is 29.5 Å². The number of fused-ring (bicyclic) bond motifs is 3. The van der Waals surface area contributed by atoms with Crippen molar-refractivity contribution < 1.29 is 0 Å². The number of hydrogen-bond donors (Lipinski definition) is 0. The van der Waals surface area contributed by atoms with E-state index in [0.717, 1.165) is 46.4 Å². The van der Waals surface area contributed by atoms with E-state index in [1.165, 1.54) is 5.56 Å². The second-order valence-corrected chi connectivity index (χ2v) is 7.22. The van der Waals surface area contributed by atoms with Crippen molar-refractivity contribution in [3.05, 3.63) is 41.2 Å². The minimum atomic E-state index is 0.507. The molecule has 6 heteroatoms. The zero-order valence-electron chi connectivity index (χ0n) is 16.0. The molecule has 0 aliphatic heterocycles. The van der Waals surface area contributed by atoms with Crippen LogP contribution in [-0.2, 0) is 13.0 Å². The standard InChI is InChI=1S/C20H24N6/c1-6-15-13(4)24-26(14(15)5)20-21-19-18(22-23-20)16-9-7-8-10-17(16)25(19)11-12(2)3/h7-10,12H,6,11H2,1-5H3. The van der Waals surface area contributed by atoms with Crippen molar-refractivity contribution in [3.8, 4) is 5.95 Å². The third-order valence-corrected chi connectivity index (χ3v) is 4.89. The molecule has 0 aliphatic carbocycles. The average molecular weight is 348 g/mol. The number of rotatable bonds is 4. The molecule has 6 nitrogen and oxygen atoms in total. The van der Waals surface area contributed by atoms with Crippen LogP contribution in [0.1, 0.15) is 37.7 Å². The van der Waals surface area contributed by atoms with Gasteiger partial charge in [0, 0.05) is 17.6 Å². The van der Waals surface area contributed by atoms with Crippen LogP contribution in [0.25, 0.3) is 28.0 Å². The first-order chi connectivity index (χ1) is 12.5. The maximum Gasteiger partial charge on any atom is 0.272 e. The van der Waals surface area contributed by atoms with Crippen LogP contribution >= 0.6 is 0 Å². The topological polar surface area (TPSA) is 61.4 Å². The summed E-state index contributed by atoms with van der Waals surface area (Å²) in [4.78, 5) is 4.88. The molecule has 0 aliphatic rings. The molecule has 0 saturated heterocycles. The molecule has 0 spiro atoms. The number of aryl methyl sites for hydroxylation is 1. The van der Waals surface area contributed by atoms with Crippen molar-refractivity contribution in [3.63, 3.8) is 0 Å². The molecule has 0 unspecified atom stereocenters. The van der Waals surface area contributed by atoms with Crippen LogP contribution in [0.4, 0.5) is 0 Å². The van der Waals surface area contributed by atoms with Gasteiger partial charge in [0.25, 0.3) is 5.95 Å². The normalized spacial score (nSPS) is 11.9. The SMILES string of the molecule is CCc1c(C)nn(-c2nnc3c4ccccc4n(CC(C)C)c3n2)c1C. The fraction of sp³-hybridized carbons (Fsp3) is 0.400. The van der Waals surface area contributed by atoms with Crippen molar-refractivity contribution >= 4 is 22.1 Å². The Kier molecular flexibility index (Phi) is 3.98. The molecule has 0 bridgehead atoms. The molecule has 26 heavy (non-hydrogen) atoms. The predicted octanol–water partition coefficient (Wildman–Crippen LogP) is 4.00. The van der Waals surface area contributed by atoms with Gasteiger partial charge in [-0.3, -0.25) is 0 Å². The van der Waals surface area contributed by atoms with Crippen LogP contribution in [0.2, 0.25) is 0 Å². The Hall–Kier alpha value is -2.76. The Bertz CT molecular complexity index is 1100. The van der Waals surface area contributed by atoms with Gasteiger partial charge in [0.15, 0.2) is 5.65 Å². The van der Waals surface area contributed by atoms with Gasteiger partial charge < -0.3 is 4.57 Å². The maximum absolute atomic E-state index is 4.88. The van der Waals surface area contributed by atoms with Gasteiger partial charge in [-0.15, -0.1) is 10.2 Å². The third-order valence-electron chi connectivity index (χ3n) is 4.89. The maximum atomic E-state index is 4.88. The number of nitrogens with zero attached hydrogens (tertiary/aromatic N) is 6. The van der Waals surface area contributed by atoms with Crippen molar-refractivity contribution in [2.75, 3.05) is 0 Å². The molecule has 3 aromatic heterocycles. The van der Waals surface area contributed by atoms with Crippen molar-refractivity contribution in [2.24, 2.45) is 5.92 Å². The highest BCUT2D eigenvalue weighted by molar-refractivity contribution is 6.04. The summed E-state index contributed by atoms with van der Waals surface area (Å²) in [5, 5.41) is 14.7. The summed E-state index contributed by atoms with van der Waals surface area (Å²) in [7, 11) is 0. The molecule has 1 aromatic carbocycles. The molecule has 0 atom stereocenters. The lowest BCUT2D eigenvalue weighted by Crippen LogP contribution is -2.10. The molecule has 0 amide bonds. The Morgan fingerprint density at radius 1 is 1.08 bits per heavy atom. The number of para-hydroxylation sites is 1. The van der Waals surface area contributed by atoms with Gasteiger partial charge in [-0.25, -0.2) is 4.68 Å². The lowest BCUT2D eigenvalue weighted by molar-refractivity contribution is 0.542. The van der Waals surface area contributed by atoms with Crippen LogP contribution in [0.3, 0.4) is 0 Å². The highest BCUT2D eigenvalue weighted by Gasteiger charge is 2.18. The molecular formula is C20H24N6. The van der Waals surface area contributed by atoms with E-state index in [4.69, 9.17) is 4.98 Å². The Morgan fingerprint density at radius 2 is 1.85 bits per heavy atom. The Balaban J connectivity index is 1.99. The lowest BCUT2D eigenvalue weighted by Gasteiger charge is -2.09. The smallest absolute Gasteiger partial charge is 0.272 e. The van der Waals surface area contributed by atoms with Gasteiger partial charge in [-0.1, -0.05) is 39.0 Å². The van der Waals surface area contributed by atoms with Gasteiger partial charge in [-0.2, -0.15) is 10.1 Å². The van der Waals surface area contributed by atoms with E-state index in [1.54, 1.807) is 0 Å². The molecule has 4 rings (SSSR count). The molecule has 134 valence electrons. The predicted molar refractivity (Wildman–Crippen MR) is 104 cm³/mol. The quantitative estimate of drug-likeness (QED) is 0.559. The first kappa shape index (κ1) is 16.7. The number of aromatic nitrogens is 6. The minimum absolute atomic E-state index is 0.507. The molecule has 4 aromatic rings. The van der Waals surface area contributed by atoms with Crippen molar-refractivity contribution in [1.29, 1.82) is 0 Å². The molecular weight excluding hydrogens is 324 g/mol. The highest BCUT2D eigenvalue weighted by Crippen LogP contribution is 2.27. The summed E-state index contributed by atoms with van der Waals surface area (Å²) in [6.45, 7) is 11.6. The van der Waals surface area contributed by atoms with E-state index in [9.17, 15) is 0 Å². The van der Waals surface area contributed by atoms with Crippen LogP contribution < -0.4 is 0 Å². The summed E-state index contributed by atoms with van der Waals surface area (Å²) < 4.78 is 4.07. The molecule has 0 radical (unpaired) electrons. The highest BCUT2D eigenvalue weighted by atomic mass is 15.4. The second-order valence-electron chi connectivity index (χ2n) is 7.22. The van der Waals surface area contributed by atoms with E-state index >= 15 is 0 Å². The average Bonchev–Trinajstić information content (AvgIpc) is 3.09. The first-order valence-electron chi connectivity index (χ1n) is 9.18. The number of benzene rings is 1. The van der Waals surface area contributed by atoms with Crippen LogP contribution in [0.15, 0.2) is 24.3 Å². The van der Waals surface area contributed by atoms with Gasteiger partial charge in [0.05, 0.1) is 11.2 Å². The van der Waals surface area contributed by atoms with E-state index < -0.39 is 0 Å². The summed E-state index contributed by atoms with van der Waals surface area (Å²) in [6, 6.07) is 8.30. The first-order valence-corrected chi connectivity index (χ1v) is 9.18. The minimum Gasteiger partial charge on any atom is -0.323 e. The Labute approximate surface area is 152 Å². The van der Waals surface area contributed by atoms with E-state index in [1.807, 2.05) is 17.7 Å². The molecule has 0 N–H and O–H groups in total. The molecule has 0 fully saturated rings. The monoisotopic (exact) mass is 348 g/mol. The molecule has 3 heterocycles. The van der Waals surface area contributed by atoms with Gasteiger partial charge in [0.2, 0.25) is 0 Å². The lowest BCUT2D eigenvalue weighted by atomic mass is 10.1. The zero-order chi connectivity index (χ0) is 18.4. The number of hydrogen-bond acceptors (Lipinski definition) is 4. The molecule has 0 saturated carbocycles. The fourth-order valence-corrected chi connectivity index (χ4v) is 3.72. The second kappa shape index (κ2) is 6.20. The zero-order valence-corrected chi connectivity index (χ0v) is 16.0.